The van der Waals surface area contributed by atoms with E-state index < -0.39 is 21.0 Å². The van der Waals surface area contributed by atoms with Crippen molar-refractivity contribution in [3.8, 4) is 0 Å². The predicted octanol–water partition coefficient (Wildman–Crippen LogP) is 1.05. The average molecular weight is 279 g/mol. The maximum absolute atomic E-state index is 11.5. The fourth-order valence-electron chi connectivity index (χ4n) is 1.54. The summed E-state index contributed by atoms with van der Waals surface area (Å²) in [6.45, 7) is 5.33. The van der Waals surface area contributed by atoms with E-state index in [4.69, 9.17) is 4.74 Å². The Kier molecular flexibility index (Phi) is 6.51. The number of rotatable bonds is 8. The smallest absolute Gasteiger partial charge is 0.331 e. The van der Waals surface area contributed by atoms with Crippen LogP contribution in [0.2, 0.25) is 0 Å². The molecule has 0 aromatic carbocycles. The van der Waals surface area contributed by atoms with E-state index in [1.807, 2.05) is 0 Å². The van der Waals surface area contributed by atoms with Crippen LogP contribution in [0.15, 0.2) is 12.7 Å². The molecule has 0 aliphatic carbocycles. The molecule has 0 spiro atoms. The molecule has 1 unspecified atom stereocenters. The Bertz CT molecular complexity index is 390. The number of nitrogens with zero attached hydrogens (tertiary/aromatic N) is 1. The molecule has 1 atom stereocenters. The summed E-state index contributed by atoms with van der Waals surface area (Å²) in [6, 6.07) is 0. The van der Waals surface area contributed by atoms with Crippen molar-refractivity contribution in [2.75, 3.05) is 20.6 Å². The van der Waals surface area contributed by atoms with Crippen LogP contribution < -0.4 is 0 Å². The molecule has 0 heterocycles. The zero-order chi connectivity index (χ0) is 14.4. The molecule has 0 radical (unpaired) electrons. The highest BCUT2D eigenvalue weighted by Gasteiger charge is 2.45. The monoisotopic (exact) mass is 279 g/mol. The Balaban J connectivity index is 5.28. The third kappa shape index (κ3) is 4.75. The Hall–Kier alpha value is -0.920. The van der Waals surface area contributed by atoms with E-state index in [-0.39, 0.29) is 12.8 Å². The van der Waals surface area contributed by atoms with Gasteiger partial charge in [0.1, 0.15) is 0 Å². The lowest BCUT2D eigenvalue weighted by molar-refractivity contribution is -0.147. The highest BCUT2D eigenvalue weighted by molar-refractivity contribution is 7.87. The first-order valence-corrected chi connectivity index (χ1v) is 7.09. The second kappa shape index (κ2) is 6.86. The molecule has 0 fully saturated rings. The van der Waals surface area contributed by atoms with Gasteiger partial charge in [-0.1, -0.05) is 19.9 Å². The quantitative estimate of drug-likeness (QED) is 0.406. The van der Waals surface area contributed by atoms with Crippen LogP contribution in [-0.2, 0) is 19.6 Å². The van der Waals surface area contributed by atoms with Gasteiger partial charge in [-0.25, -0.2) is 4.79 Å². The average Bonchev–Trinajstić information content (AvgIpc) is 2.24. The van der Waals surface area contributed by atoms with Crippen LogP contribution in [0.25, 0.3) is 0 Å². The lowest BCUT2D eigenvalue weighted by Crippen LogP contribution is -2.44. The first-order chi connectivity index (χ1) is 8.18. The van der Waals surface area contributed by atoms with E-state index in [2.05, 4.69) is 6.58 Å². The van der Waals surface area contributed by atoms with E-state index in [0.29, 0.717) is 13.0 Å². The first kappa shape index (κ1) is 17.1. The molecule has 0 aliphatic rings. The van der Waals surface area contributed by atoms with Crippen LogP contribution >= 0.6 is 0 Å². The van der Waals surface area contributed by atoms with Crippen LogP contribution in [-0.4, -0.2) is 49.4 Å². The molecule has 0 aromatic heterocycles. The van der Waals surface area contributed by atoms with Crippen LogP contribution in [0.3, 0.4) is 0 Å². The number of esters is 1. The zero-order valence-electron chi connectivity index (χ0n) is 11.0. The third-order valence-corrected chi connectivity index (χ3v) is 3.93. The third-order valence-electron chi connectivity index (χ3n) is 2.49. The number of carbonyl (C=O) groups is 1. The van der Waals surface area contributed by atoms with Gasteiger partial charge in [-0.2, -0.15) is 8.42 Å². The highest BCUT2D eigenvalue weighted by Crippen LogP contribution is 2.29. The molecular formula is C11H21NO5S. The lowest BCUT2D eigenvalue weighted by atomic mass is 10.1. The van der Waals surface area contributed by atoms with Crippen molar-refractivity contribution in [1.29, 1.82) is 0 Å². The van der Waals surface area contributed by atoms with Gasteiger partial charge in [0.15, 0.2) is 0 Å². The van der Waals surface area contributed by atoms with Crippen molar-refractivity contribution in [3.05, 3.63) is 12.7 Å². The molecule has 0 aliphatic heterocycles. The summed E-state index contributed by atoms with van der Waals surface area (Å²) >= 11 is 0. The standard InChI is InChI=1S/C11H21NO5S/c1-5-7-11(18(14,15)16,8-9-12(3)4)17-10(13)6-2/h6H,2,5,7-9H2,1,3-4H3,(H,14,15,16). The van der Waals surface area contributed by atoms with E-state index in [1.54, 1.807) is 25.9 Å². The van der Waals surface area contributed by atoms with Gasteiger partial charge < -0.3 is 9.64 Å². The molecule has 0 bridgehead atoms. The minimum Gasteiger partial charge on any atom is -0.437 e. The van der Waals surface area contributed by atoms with Crippen LogP contribution in [0.5, 0.6) is 0 Å². The van der Waals surface area contributed by atoms with Crippen LogP contribution in [0.4, 0.5) is 0 Å². The summed E-state index contributed by atoms with van der Waals surface area (Å²) in [4.78, 5) is 11.1. The van der Waals surface area contributed by atoms with E-state index in [9.17, 15) is 17.8 Å². The summed E-state index contributed by atoms with van der Waals surface area (Å²) in [5.74, 6) is -0.861. The Morgan fingerprint density at radius 2 is 2.00 bits per heavy atom. The van der Waals surface area contributed by atoms with Gasteiger partial charge in [-0.05, 0) is 14.1 Å². The summed E-state index contributed by atoms with van der Waals surface area (Å²) in [6.07, 6.45) is 1.38. The summed E-state index contributed by atoms with van der Waals surface area (Å²) in [5, 5.41) is 0. The molecule has 0 aromatic rings. The van der Waals surface area contributed by atoms with Gasteiger partial charge in [-0.15, -0.1) is 0 Å². The Morgan fingerprint density at radius 3 is 2.33 bits per heavy atom. The van der Waals surface area contributed by atoms with E-state index in [1.165, 1.54) is 0 Å². The van der Waals surface area contributed by atoms with Gasteiger partial charge in [0.2, 0.25) is 4.93 Å². The van der Waals surface area contributed by atoms with Crippen molar-refractivity contribution >= 4 is 16.1 Å². The predicted molar refractivity (Wildman–Crippen MR) is 68.6 cm³/mol. The molecule has 0 rings (SSSR count). The summed E-state index contributed by atoms with van der Waals surface area (Å²) < 4.78 is 37.3. The molecule has 0 saturated heterocycles. The highest BCUT2D eigenvalue weighted by atomic mass is 32.2. The molecule has 7 heteroatoms. The minimum absolute atomic E-state index is 0.00620. The van der Waals surface area contributed by atoms with Crippen molar-refractivity contribution in [2.24, 2.45) is 0 Å². The van der Waals surface area contributed by atoms with Crippen molar-refractivity contribution < 1.29 is 22.5 Å². The van der Waals surface area contributed by atoms with E-state index in [0.717, 1.165) is 6.08 Å². The molecular weight excluding hydrogens is 258 g/mol. The molecule has 18 heavy (non-hydrogen) atoms. The van der Waals surface area contributed by atoms with Gasteiger partial charge in [-0.3, -0.25) is 4.55 Å². The molecule has 6 nitrogen and oxygen atoms in total. The van der Waals surface area contributed by atoms with Gasteiger partial charge in [0.25, 0.3) is 0 Å². The topological polar surface area (TPSA) is 83.9 Å². The number of hydrogen-bond donors (Lipinski definition) is 1. The Morgan fingerprint density at radius 1 is 1.44 bits per heavy atom. The maximum atomic E-state index is 11.5. The van der Waals surface area contributed by atoms with Crippen LogP contribution in [0, 0.1) is 0 Å². The fourth-order valence-corrected chi connectivity index (χ4v) is 2.54. The maximum Gasteiger partial charge on any atom is 0.331 e. The van der Waals surface area contributed by atoms with E-state index >= 15 is 0 Å². The Labute approximate surface area is 108 Å². The number of carbonyl (C=O) groups excluding carboxylic acids is 1. The van der Waals surface area contributed by atoms with Crippen molar-refractivity contribution in [3.63, 3.8) is 0 Å². The molecule has 0 saturated carbocycles. The van der Waals surface area contributed by atoms with Crippen molar-refractivity contribution in [1.82, 2.24) is 4.90 Å². The minimum atomic E-state index is -4.51. The second-order valence-corrected chi connectivity index (χ2v) is 6.01. The lowest BCUT2D eigenvalue weighted by Gasteiger charge is -2.30. The fraction of sp³-hybridized carbons (Fsp3) is 0.727. The first-order valence-electron chi connectivity index (χ1n) is 5.65. The zero-order valence-corrected chi connectivity index (χ0v) is 11.9. The second-order valence-electron chi connectivity index (χ2n) is 4.31. The molecule has 0 amide bonds. The van der Waals surface area contributed by atoms with Gasteiger partial charge in [0.05, 0.1) is 0 Å². The van der Waals surface area contributed by atoms with Gasteiger partial charge in [0, 0.05) is 25.5 Å². The van der Waals surface area contributed by atoms with Crippen molar-refractivity contribution in [2.45, 2.75) is 31.1 Å². The molecule has 1 N–H and O–H groups in total. The number of ether oxygens (including phenoxy) is 1. The van der Waals surface area contributed by atoms with Gasteiger partial charge >= 0.3 is 16.1 Å². The van der Waals surface area contributed by atoms with Crippen LogP contribution in [0.1, 0.15) is 26.2 Å². The summed E-state index contributed by atoms with van der Waals surface area (Å²) in [7, 11) is -0.987. The number of hydrogen-bond acceptors (Lipinski definition) is 5. The normalized spacial score (nSPS) is 15.2. The SMILES string of the molecule is C=CC(=O)OC(CCC)(CCN(C)C)S(=O)(=O)O. The summed E-state index contributed by atoms with van der Waals surface area (Å²) in [5.41, 5.74) is 0. The molecule has 106 valence electrons. The largest absolute Gasteiger partial charge is 0.437 e.